The highest BCUT2D eigenvalue weighted by molar-refractivity contribution is 6.33. The van der Waals surface area contributed by atoms with E-state index in [1.165, 1.54) is 11.0 Å². The fourth-order valence-corrected chi connectivity index (χ4v) is 4.98. The maximum absolute atomic E-state index is 15.0. The number of pyridine rings is 2. The number of amidine groups is 1. The topological polar surface area (TPSA) is 111 Å². The number of hydrogen-bond acceptors (Lipinski definition) is 6. The van der Waals surface area contributed by atoms with E-state index in [1.807, 2.05) is 25.7 Å². The van der Waals surface area contributed by atoms with E-state index in [0.29, 0.717) is 67.0 Å². The molecule has 1 unspecified atom stereocenters. The van der Waals surface area contributed by atoms with Crippen LogP contribution in [0.15, 0.2) is 53.8 Å². The molecule has 40 heavy (non-hydrogen) atoms. The molecule has 0 bridgehead atoms. The van der Waals surface area contributed by atoms with E-state index < -0.39 is 5.83 Å². The zero-order valence-electron chi connectivity index (χ0n) is 23.1. The lowest BCUT2D eigenvalue weighted by Gasteiger charge is -2.34. The zero-order valence-corrected chi connectivity index (χ0v) is 23.9. The van der Waals surface area contributed by atoms with E-state index in [2.05, 4.69) is 21.9 Å². The number of rotatable bonds is 12. The number of carbonyl (C=O) groups excluding carboxylic acids is 2. The maximum atomic E-state index is 15.0. The van der Waals surface area contributed by atoms with Crippen LogP contribution in [0, 0.1) is 13.8 Å². The number of anilines is 2. The van der Waals surface area contributed by atoms with Crippen LogP contribution in [-0.2, 0) is 9.59 Å². The van der Waals surface area contributed by atoms with Crippen LogP contribution in [0.3, 0.4) is 0 Å². The van der Waals surface area contributed by atoms with Gasteiger partial charge in [0, 0.05) is 45.0 Å². The van der Waals surface area contributed by atoms with Crippen molar-refractivity contribution in [2.45, 2.75) is 46.1 Å². The number of amides is 2. The Morgan fingerprint density at radius 1 is 1.32 bits per heavy atom. The SMILES string of the molecule is C=CCCN(C(=NC)c1cc(Cl)c(C2=C(O)CCC=C2F)nc1N(C=O)c1c(C)cncc1C)C(C)CNC=O. The van der Waals surface area contributed by atoms with Crippen molar-refractivity contribution in [2.24, 2.45) is 4.99 Å². The number of hydrogen-bond donors (Lipinski definition) is 2. The molecule has 2 aromatic heterocycles. The molecular weight excluding hydrogens is 535 g/mol. The number of allylic oxidation sites excluding steroid dienone is 4. The quantitative estimate of drug-likeness (QED) is 0.155. The molecule has 1 atom stereocenters. The summed E-state index contributed by atoms with van der Waals surface area (Å²) in [6.07, 6.45) is 8.83. The van der Waals surface area contributed by atoms with E-state index in [0.717, 1.165) is 0 Å². The largest absolute Gasteiger partial charge is 0.511 e. The van der Waals surface area contributed by atoms with Crippen LogP contribution < -0.4 is 10.2 Å². The van der Waals surface area contributed by atoms with Crippen molar-refractivity contribution < 1.29 is 19.1 Å². The van der Waals surface area contributed by atoms with Crippen molar-refractivity contribution in [3.63, 3.8) is 0 Å². The molecule has 0 spiro atoms. The van der Waals surface area contributed by atoms with Crippen molar-refractivity contribution in [1.29, 1.82) is 0 Å². The Bertz CT molecular complexity index is 1350. The van der Waals surface area contributed by atoms with E-state index in [1.54, 1.807) is 31.6 Å². The van der Waals surface area contributed by atoms with Crippen molar-refractivity contribution >= 4 is 47.3 Å². The lowest BCUT2D eigenvalue weighted by Crippen LogP contribution is -2.45. The van der Waals surface area contributed by atoms with Gasteiger partial charge in [0.1, 0.15) is 17.4 Å². The van der Waals surface area contributed by atoms with E-state index in [4.69, 9.17) is 16.6 Å². The summed E-state index contributed by atoms with van der Waals surface area (Å²) in [5.41, 5.74) is 2.27. The first-order valence-corrected chi connectivity index (χ1v) is 13.2. The third-order valence-corrected chi connectivity index (χ3v) is 6.90. The molecule has 0 aliphatic heterocycles. The first-order valence-electron chi connectivity index (χ1n) is 12.9. The predicted molar refractivity (Wildman–Crippen MR) is 157 cm³/mol. The van der Waals surface area contributed by atoms with Crippen molar-refractivity contribution in [1.82, 2.24) is 20.2 Å². The Balaban J connectivity index is 2.36. The minimum absolute atomic E-state index is 0.00587. The van der Waals surface area contributed by atoms with Gasteiger partial charge in [-0.05, 0) is 56.9 Å². The number of nitrogens with zero attached hydrogens (tertiary/aromatic N) is 5. The summed E-state index contributed by atoms with van der Waals surface area (Å²) >= 11 is 6.73. The van der Waals surface area contributed by atoms with Gasteiger partial charge < -0.3 is 15.3 Å². The highest BCUT2D eigenvalue weighted by Gasteiger charge is 2.30. The molecule has 0 saturated heterocycles. The molecule has 0 saturated carbocycles. The molecule has 212 valence electrons. The van der Waals surface area contributed by atoms with Gasteiger partial charge in [-0.2, -0.15) is 0 Å². The zero-order chi connectivity index (χ0) is 29.4. The van der Waals surface area contributed by atoms with Gasteiger partial charge in [-0.1, -0.05) is 17.7 Å². The standard InChI is InChI=1S/C29H34ClFN6O3/c1-6-7-11-36(20(4)15-34-16-38)28(32-5)21-12-22(30)26(25-23(31)9-8-10-24(25)40)35-29(21)37(17-39)27-18(2)13-33-14-19(27)3/h6,9,12-14,16-17,20,40H,1,7-8,10-11,15H2,2-5H3,(H,34,38). The van der Waals surface area contributed by atoms with Gasteiger partial charge in [0.25, 0.3) is 0 Å². The number of halogens is 2. The van der Waals surface area contributed by atoms with Crippen molar-refractivity contribution in [2.75, 3.05) is 25.0 Å². The molecular formula is C29H34ClFN6O3. The van der Waals surface area contributed by atoms with Gasteiger partial charge in [-0.15, -0.1) is 6.58 Å². The molecule has 0 fully saturated rings. The van der Waals surface area contributed by atoms with Crippen molar-refractivity contribution in [3.05, 3.63) is 76.2 Å². The number of aliphatic hydroxyl groups excluding tert-OH is 1. The summed E-state index contributed by atoms with van der Waals surface area (Å²) in [6.45, 7) is 10.2. The molecule has 11 heteroatoms. The molecule has 1 aliphatic carbocycles. The van der Waals surface area contributed by atoms with Crippen LogP contribution in [0.5, 0.6) is 0 Å². The summed E-state index contributed by atoms with van der Waals surface area (Å²) in [5, 5.41) is 13.4. The van der Waals surface area contributed by atoms with Crippen LogP contribution in [0.1, 0.15) is 48.6 Å². The highest BCUT2D eigenvalue weighted by Crippen LogP contribution is 2.40. The van der Waals surface area contributed by atoms with E-state index >= 15 is 4.39 Å². The highest BCUT2D eigenvalue weighted by atomic mass is 35.5. The van der Waals surface area contributed by atoms with E-state index in [-0.39, 0.29) is 40.3 Å². The summed E-state index contributed by atoms with van der Waals surface area (Å²) in [6, 6.07) is 1.36. The van der Waals surface area contributed by atoms with Gasteiger partial charge in [0.15, 0.2) is 5.82 Å². The Hall–Kier alpha value is -4.05. The number of aliphatic imine (C=N–C) groups is 1. The first kappa shape index (κ1) is 30.5. The normalized spacial score (nSPS) is 14.3. The average Bonchev–Trinajstić information content (AvgIpc) is 2.92. The van der Waals surface area contributed by atoms with E-state index in [9.17, 15) is 14.7 Å². The molecule has 0 aromatic carbocycles. The lowest BCUT2D eigenvalue weighted by molar-refractivity contribution is -0.109. The number of carbonyl (C=O) groups is 2. The Morgan fingerprint density at radius 3 is 2.60 bits per heavy atom. The molecule has 2 heterocycles. The molecule has 1 aliphatic rings. The second kappa shape index (κ2) is 13.8. The van der Waals surface area contributed by atoms with Gasteiger partial charge in [0.05, 0.1) is 27.5 Å². The van der Waals surface area contributed by atoms with Crippen LogP contribution in [0.2, 0.25) is 5.02 Å². The van der Waals surface area contributed by atoms with Gasteiger partial charge in [-0.25, -0.2) is 9.37 Å². The summed E-state index contributed by atoms with van der Waals surface area (Å²) in [7, 11) is 1.60. The second-order valence-electron chi connectivity index (χ2n) is 9.39. The first-order chi connectivity index (χ1) is 19.2. The smallest absolute Gasteiger partial charge is 0.219 e. The maximum Gasteiger partial charge on any atom is 0.219 e. The fourth-order valence-electron chi connectivity index (χ4n) is 4.73. The van der Waals surface area contributed by atoms with Crippen LogP contribution in [0.25, 0.3) is 5.57 Å². The Morgan fingerprint density at radius 2 is 2.02 bits per heavy atom. The molecule has 2 aromatic rings. The monoisotopic (exact) mass is 568 g/mol. The molecule has 0 radical (unpaired) electrons. The lowest BCUT2D eigenvalue weighted by atomic mass is 9.99. The molecule has 9 nitrogen and oxygen atoms in total. The fraction of sp³-hybridized carbons (Fsp3) is 0.345. The number of nitrogens with one attached hydrogen (secondary N) is 1. The van der Waals surface area contributed by atoms with Gasteiger partial charge in [-0.3, -0.25) is 24.5 Å². The Labute approximate surface area is 238 Å². The third-order valence-electron chi connectivity index (χ3n) is 6.61. The summed E-state index contributed by atoms with van der Waals surface area (Å²) in [4.78, 5) is 40.6. The molecule has 2 amide bonds. The molecule has 3 rings (SSSR count). The number of aliphatic hydroxyl groups is 1. The molecule has 2 N–H and O–H groups in total. The third kappa shape index (κ3) is 6.39. The average molecular weight is 569 g/mol. The van der Waals surface area contributed by atoms with Crippen LogP contribution in [0.4, 0.5) is 15.9 Å². The second-order valence-corrected chi connectivity index (χ2v) is 9.80. The number of aryl methyl sites for hydroxylation is 2. The number of aromatic nitrogens is 2. The van der Waals surface area contributed by atoms with Gasteiger partial charge >= 0.3 is 0 Å². The Kier molecular flexibility index (Phi) is 10.6. The van der Waals surface area contributed by atoms with Crippen LogP contribution >= 0.6 is 11.6 Å². The minimum atomic E-state index is -0.642. The van der Waals surface area contributed by atoms with Crippen molar-refractivity contribution in [3.8, 4) is 0 Å². The van der Waals surface area contributed by atoms with Gasteiger partial charge in [0.2, 0.25) is 12.8 Å². The predicted octanol–water partition coefficient (Wildman–Crippen LogP) is 5.35. The van der Waals surface area contributed by atoms with Crippen LogP contribution in [-0.4, -0.2) is 64.8 Å². The summed E-state index contributed by atoms with van der Waals surface area (Å²) < 4.78 is 15.0. The summed E-state index contributed by atoms with van der Waals surface area (Å²) in [5.74, 6) is -0.221. The minimum Gasteiger partial charge on any atom is -0.511 e.